The zero-order valence-corrected chi connectivity index (χ0v) is 16.4. The third-order valence-electron chi connectivity index (χ3n) is 4.70. The smallest absolute Gasteiger partial charge is 0.287 e. The normalized spacial score (nSPS) is 10.6. The molecule has 0 radical (unpaired) electrons. The lowest BCUT2D eigenvalue weighted by Crippen LogP contribution is -2.30. The summed E-state index contributed by atoms with van der Waals surface area (Å²) < 4.78 is 0. The van der Waals surface area contributed by atoms with Crippen LogP contribution in [0.1, 0.15) is 43.5 Å². The first kappa shape index (κ1) is 20.5. The van der Waals surface area contributed by atoms with Crippen molar-refractivity contribution in [2.45, 2.75) is 45.1 Å². The van der Waals surface area contributed by atoms with Crippen molar-refractivity contribution in [3.8, 4) is 11.4 Å². The Bertz CT molecular complexity index is 907. The minimum atomic E-state index is -0.563. The summed E-state index contributed by atoms with van der Waals surface area (Å²) in [4.78, 5) is 28.3. The number of ketones is 1. The Morgan fingerprint density at radius 3 is 2.31 bits per heavy atom. The van der Waals surface area contributed by atoms with Gasteiger partial charge in [0.1, 0.15) is 5.82 Å². The molecular weight excluding hydrogens is 364 g/mol. The van der Waals surface area contributed by atoms with Gasteiger partial charge in [-0.05, 0) is 24.8 Å². The molecule has 0 aliphatic carbocycles. The maximum atomic E-state index is 12.0. The van der Waals surface area contributed by atoms with E-state index < -0.39 is 5.91 Å². The molecule has 2 aromatic carbocycles. The second-order valence-electron chi connectivity index (χ2n) is 6.98. The van der Waals surface area contributed by atoms with E-state index in [4.69, 9.17) is 0 Å². The molecule has 6 heteroatoms. The number of hydrogen-bond donors (Lipinski definition) is 2. The number of H-pyrrole nitrogens is 1. The number of nitrogens with one attached hydrogen (secondary N) is 2. The van der Waals surface area contributed by atoms with Crippen molar-refractivity contribution < 1.29 is 9.59 Å². The second-order valence-corrected chi connectivity index (χ2v) is 6.98. The van der Waals surface area contributed by atoms with Crippen molar-refractivity contribution in [1.82, 2.24) is 20.5 Å². The Balaban J connectivity index is 1.30. The van der Waals surface area contributed by atoms with Gasteiger partial charge in [-0.3, -0.25) is 14.7 Å². The number of Topliss-reactive ketones (excluding diaryl/α,β-unsaturated/α-hetero) is 1. The van der Waals surface area contributed by atoms with Crippen molar-refractivity contribution in [3.05, 3.63) is 72.1 Å². The Hall–Kier alpha value is -3.28. The first-order valence-electron chi connectivity index (χ1n) is 10.0. The molecule has 0 bridgehead atoms. The number of hydrogen-bond acceptors (Lipinski definition) is 4. The van der Waals surface area contributed by atoms with Crippen molar-refractivity contribution in [2.24, 2.45) is 0 Å². The van der Waals surface area contributed by atoms with E-state index in [1.807, 2.05) is 48.5 Å². The standard InChI is InChI=1S/C23H26N4O2/c28-20(16-10-2-1-5-11-18-12-6-3-7-13-18)23(29)24-17-21-25-22(27-26-21)19-14-8-4-9-15-19/h3-4,6-9,12-15H,1-2,5,10-11,16-17H2,(H,24,29)(H,25,26,27). The second kappa shape index (κ2) is 10.9. The minimum Gasteiger partial charge on any atom is -0.342 e. The molecule has 0 unspecified atom stereocenters. The van der Waals surface area contributed by atoms with Crippen molar-refractivity contribution >= 4 is 11.7 Å². The fraction of sp³-hybridized carbons (Fsp3) is 0.304. The molecule has 0 saturated carbocycles. The van der Waals surface area contributed by atoms with E-state index in [1.165, 1.54) is 5.56 Å². The first-order chi connectivity index (χ1) is 14.2. The van der Waals surface area contributed by atoms with E-state index in [2.05, 4.69) is 32.6 Å². The van der Waals surface area contributed by atoms with Gasteiger partial charge >= 0.3 is 0 Å². The summed E-state index contributed by atoms with van der Waals surface area (Å²) in [6.07, 6.45) is 5.18. The largest absolute Gasteiger partial charge is 0.342 e. The molecule has 0 fully saturated rings. The van der Waals surface area contributed by atoms with Gasteiger partial charge in [0.2, 0.25) is 5.78 Å². The summed E-state index contributed by atoms with van der Waals surface area (Å²) in [5, 5.41) is 9.54. The van der Waals surface area contributed by atoms with Crippen molar-refractivity contribution in [2.75, 3.05) is 0 Å². The lowest BCUT2D eigenvalue weighted by atomic mass is 10.0. The van der Waals surface area contributed by atoms with Crippen LogP contribution in [0, 0.1) is 0 Å². The fourth-order valence-electron chi connectivity index (χ4n) is 3.08. The van der Waals surface area contributed by atoms with Crippen LogP contribution < -0.4 is 5.32 Å². The van der Waals surface area contributed by atoms with Crippen LogP contribution in [0.25, 0.3) is 11.4 Å². The summed E-state index contributed by atoms with van der Waals surface area (Å²) >= 11 is 0. The van der Waals surface area contributed by atoms with E-state index in [0.717, 1.165) is 37.7 Å². The third kappa shape index (κ3) is 6.68. The molecule has 150 valence electrons. The quantitative estimate of drug-likeness (QED) is 0.384. The third-order valence-corrected chi connectivity index (χ3v) is 4.70. The van der Waals surface area contributed by atoms with Crippen LogP contribution in [0.2, 0.25) is 0 Å². The zero-order valence-electron chi connectivity index (χ0n) is 16.4. The highest BCUT2D eigenvalue weighted by atomic mass is 16.2. The summed E-state index contributed by atoms with van der Waals surface area (Å²) in [6, 6.07) is 19.9. The average molecular weight is 390 g/mol. The molecule has 2 N–H and O–H groups in total. The molecule has 3 rings (SSSR count). The maximum Gasteiger partial charge on any atom is 0.287 e. The number of benzene rings is 2. The number of carbonyl (C=O) groups is 2. The monoisotopic (exact) mass is 390 g/mol. The molecule has 1 heterocycles. The molecule has 0 spiro atoms. The number of aryl methyl sites for hydroxylation is 1. The molecule has 0 aliphatic heterocycles. The number of amides is 1. The molecule has 0 atom stereocenters. The van der Waals surface area contributed by atoms with Crippen molar-refractivity contribution in [3.63, 3.8) is 0 Å². The highest BCUT2D eigenvalue weighted by molar-refractivity contribution is 6.36. The number of unbranched alkanes of at least 4 members (excludes halogenated alkanes) is 3. The highest BCUT2D eigenvalue weighted by Crippen LogP contribution is 2.13. The van der Waals surface area contributed by atoms with Gasteiger partial charge in [-0.15, -0.1) is 0 Å². The number of rotatable bonds is 11. The van der Waals surface area contributed by atoms with Crippen molar-refractivity contribution in [1.29, 1.82) is 0 Å². The van der Waals surface area contributed by atoms with Gasteiger partial charge in [-0.1, -0.05) is 73.5 Å². The Kier molecular flexibility index (Phi) is 7.69. The zero-order chi connectivity index (χ0) is 20.3. The molecule has 3 aromatic rings. The van der Waals surface area contributed by atoms with Crippen LogP contribution >= 0.6 is 0 Å². The Labute approximate surface area is 170 Å². The van der Waals surface area contributed by atoms with E-state index in [1.54, 1.807) is 0 Å². The van der Waals surface area contributed by atoms with Crippen LogP contribution in [-0.2, 0) is 22.6 Å². The number of aromatic amines is 1. The SMILES string of the molecule is O=C(CCCCCCc1ccccc1)C(=O)NCc1nc(-c2ccccc2)n[nH]1. The maximum absolute atomic E-state index is 12.0. The first-order valence-corrected chi connectivity index (χ1v) is 10.0. The average Bonchev–Trinajstić information content (AvgIpc) is 3.25. The number of nitrogens with zero attached hydrogens (tertiary/aromatic N) is 2. The molecule has 6 nitrogen and oxygen atoms in total. The van der Waals surface area contributed by atoms with Crippen LogP contribution in [0.3, 0.4) is 0 Å². The predicted octanol–water partition coefficient (Wildman–Crippen LogP) is 3.85. The number of aromatic nitrogens is 3. The Morgan fingerprint density at radius 1 is 0.862 bits per heavy atom. The number of carbonyl (C=O) groups excluding carboxylic acids is 2. The molecule has 1 aromatic heterocycles. The van der Waals surface area contributed by atoms with Gasteiger partial charge in [0.05, 0.1) is 6.54 Å². The topological polar surface area (TPSA) is 87.7 Å². The van der Waals surface area contributed by atoms with Gasteiger partial charge in [0, 0.05) is 12.0 Å². The summed E-state index contributed by atoms with van der Waals surface area (Å²) in [7, 11) is 0. The van der Waals surface area contributed by atoms with Gasteiger partial charge < -0.3 is 5.32 Å². The van der Waals surface area contributed by atoms with Gasteiger partial charge in [-0.2, -0.15) is 5.10 Å². The molecule has 0 aliphatic rings. The minimum absolute atomic E-state index is 0.154. The van der Waals surface area contributed by atoms with Crippen LogP contribution in [0.4, 0.5) is 0 Å². The predicted molar refractivity (Wildman–Crippen MR) is 112 cm³/mol. The summed E-state index contributed by atoms with van der Waals surface area (Å²) in [6.45, 7) is 0.154. The lowest BCUT2D eigenvalue weighted by Gasteiger charge is -2.03. The summed E-state index contributed by atoms with van der Waals surface area (Å²) in [5.41, 5.74) is 2.23. The van der Waals surface area contributed by atoms with E-state index in [-0.39, 0.29) is 18.7 Å². The molecule has 1 amide bonds. The van der Waals surface area contributed by atoms with E-state index in [9.17, 15) is 9.59 Å². The van der Waals surface area contributed by atoms with E-state index in [0.29, 0.717) is 11.6 Å². The Morgan fingerprint density at radius 2 is 1.55 bits per heavy atom. The van der Waals surface area contributed by atoms with E-state index >= 15 is 0 Å². The van der Waals surface area contributed by atoms with Gasteiger partial charge in [-0.25, -0.2) is 4.98 Å². The van der Waals surface area contributed by atoms with Crippen LogP contribution in [0.15, 0.2) is 60.7 Å². The fourth-order valence-corrected chi connectivity index (χ4v) is 3.08. The molecule has 29 heavy (non-hydrogen) atoms. The molecular formula is C23H26N4O2. The highest BCUT2D eigenvalue weighted by Gasteiger charge is 2.14. The summed E-state index contributed by atoms with van der Waals surface area (Å²) in [5.74, 6) is 0.144. The van der Waals surface area contributed by atoms with Crippen LogP contribution in [-0.4, -0.2) is 26.9 Å². The van der Waals surface area contributed by atoms with Gasteiger partial charge in [0.25, 0.3) is 5.91 Å². The van der Waals surface area contributed by atoms with Gasteiger partial charge in [0.15, 0.2) is 5.82 Å². The van der Waals surface area contributed by atoms with Crippen LogP contribution in [0.5, 0.6) is 0 Å². The molecule has 0 saturated heterocycles. The lowest BCUT2D eigenvalue weighted by molar-refractivity contribution is -0.138.